The molecule has 2 amide bonds. The number of carboxylic acid groups (broad SMARTS) is 1. The van der Waals surface area contributed by atoms with Crippen LogP contribution in [0.3, 0.4) is 0 Å². The number of anilines is 1. The second-order valence-corrected chi connectivity index (χ2v) is 9.25. The zero-order chi connectivity index (χ0) is 25.4. The summed E-state index contributed by atoms with van der Waals surface area (Å²) in [6, 6.07) is 15.7. The number of hydrogen-bond donors (Lipinski definition) is 4. The number of aliphatic carboxylic acids is 1. The van der Waals surface area contributed by atoms with Crippen LogP contribution in [0.25, 0.3) is 10.8 Å². The lowest BCUT2D eigenvalue weighted by atomic mass is 10.0. The van der Waals surface area contributed by atoms with Crippen molar-refractivity contribution in [1.29, 1.82) is 0 Å². The summed E-state index contributed by atoms with van der Waals surface area (Å²) < 4.78 is 33.8. The fourth-order valence-electron chi connectivity index (χ4n) is 3.46. The van der Waals surface area contributed by atoms with Crippen molar-refractivity contribution in [2.24, 2.45) is 0 Å². The van der Waals surface area contributed by atoms with E-state index in [4.69, 9.17) is 9.84 Å². The van der Waals surface area contributed by atoms with E-state index >= 15 is 0 Å². The molecule has 0 fully saturated rings. The molecule has 0 radical (unpaired) electrons. The van der Waals surface area contributed by atoms with Gasteiger partial charge < -0.3 is 25.3 Å². The van der Waals surface area contributed by atoms with E-state index in [0.717, 1.165) is 16.3 Å². The van der Waals surface area contributed by atoms with Gasteiger partial charge in [0, 0.05) is 25.2 Å². The maximum atomic E-state index is 13.0. The normalized spacial score (nSPS) is 12.0. The molecule has 0 saturated heterocycles. The van der Waals surface area contributed by atoms with Crippen molar-refractivity contribution >= 4 is 44.8 Å². The van der Waals surface area contributed by atoms with Crippen LogP contribution in [-0.4, -0.2) is 51.5 Å². The Labute approximate surface area is 202 Å². The Morgan fingerprint density at radius 2 is 1.83 bits per heavy atom. The van der Waals surface area contributed by atoms with Crippen molar-refractivity contribution in [2.45, 2.75) is 23.8 Å². The number of hydrogen-bond acceptors (Lipinski definition) is 6. The monoisotopic (exact) mass is 499 g/mol. The highest BCUT2D eigenvalue weighted by Gasteiger charge is 2.25. The minimum Gasteiger partial charge on any atom is -0.492 e. The molecule has 0 saturated carbocycles. The van der Waals surface area contributed by atoms with E-state index in [1.807, 2.05) is 42.5 Å². The molecule has 3 rings (SSSR count). The minimum atomic E-state index is -4.33. The Kier molecular flexibility index (Phi) is 8.39. The van der Waals surface area contributed by atoms with Crippen LogP contribution in [0.2, 0.25) is 0 Å². The van der Waals surface area contributed by atoms with Gasteiger partial charge >= 0.3 is 12.0 Å². The molecule has 0 spiro atoms. The van der Waals surface area contributed by atoms with Gasteiger partial charge in [-0.3, -0.25) is 4.79 Å². The van der Waals surface area contributed by atoms with Crippen molar-refractivity contribution in [1.82, 2.24) is 10.0 Å². The van der Waals surface area contributed by atoms with Gasteiger partial charge in [-0.2, -0.15) is 0 Å². The predicted octanol–water partition coefficient (Wildman–Crippen LogP) is 2.53. The van der Waals surface area contributed by atoms with Crippen molar-refractivity contribution in [2.75, 3.05) is 19.0 Å². The van der Waals surface area contributed by atoms with Gasteiger partial charge in [0.1, 0.15) is 16.9 Å². The highest BCUT2D eigenvalue weighted by molar-refractivity contribution is 7.89. The Balaban J connectivity index is 1.87. The van der Waals surface area contributed by atoms with Crippen molar-refractivity contribution in [3.05, 3.63) is 66.2 Å². The number of amides is 2. The van der Waals surface area contributed by atoms with Crippen molar-refractivity contribution < 1.29 is 32.6 Å². The quantitative estimate of drug-likeness (QED) is 0.296. The minimum absolute atomic E-state index is 0.0633. The Bertz CT molecular complexity index is 1340. The number of benzene rings is 3. The molecule has 4 N–H and O–H groups in total. The van der Waals surface area contributed by atoms with Gasteiger partial charge in [-0.25, -0.2) is 17.9 Å². The molecule has 3 aromatic carbocycles. The first-order valence-corrected chi connectivity index (χ1v) is 12.1. The van der Waals surface area contributed by atoms with Crippen LogP contribution in [0, 0.1) is 0 Å². The second kappa shape index (κ2) is 11.4. The van der Waals surface area contributed by atoms with Crippen LogP contribution >= 0.6 is 0 Å². The standard InChI is InChI=1S/C24H25N3O7S/c1-25-24(31)26-18-9-10-22(35(32,33)27-19(15-28)14-23(29)30)21(13-18)34-12-11-17-7-4-6-16-5-2-3-8-20(16)17/h2-10,13,15,19,27H,11-12,14H2,1H3,(H,29,30)(H2,25,26,31). The number of carbonyl (C=O) groups excluding carboxylic acids is 2. The molecule has 3 aromatic rings. The topological polar surface area (TPSA) is 151 Å². The molecular weight excluding hydrogens is 474 g/mol. The summed E-state index contributed by atoms with van der Waals surface area (Å²) in [6.07, 6.45) is -0.0259. The molecular formula is C24H25N3O7S. The highest BCUT2D eigenvalue weighted by Crippen LogP contribution is 2.28. The molecule has 0 aliphatic heterocycles. The molecule has 0 aliphatic carbocycles. The number of carboxylic acids is 1. The van der Waals surface area contributed by atoms with Crippen molar-refractivity contribution in [3.63, 3.8) is 0 Å². The number of aldehydes is 1. The van der Waals surface area contributed by atoms with Crippen LogP contribution in [0.15, 0.2) is 65.6 Å². The Morgan fingerprint density at radius 3 is 2.54 bits per heavy atom. The summed E-state index contributed by atoms with van der Waals surface area (Å²) in [6.45, 7) is 0.117. The maximum Gasteiger partial charge on any atom is 0.318 e. The number of fused-ring (bicyclic) bond motifs is 1. The third-order valence-electron chi connectivity index (χ3n) is 5.09. The average Bonchev–Trinajstić information content (AvgIpc) is 2.83. The lowest BCUT2D eigenvalue weighted by molar-refractivity contribution is -0.138. The van der Waals surface area contributed by atoms with Gasteiger partial charge in [-0.1, -0.05) is 42.5 Å². The lowest BCUT2D eigenvalue weighted by Crippen LogP contribution is -2.37. The first kappa shape index (κ1) is 25.7. The number of rotatable bonds is 11. The van der Waals surface area contributed by atoms with E-state index in [1.54, 1.807) is 0 Å². The molecule has 0 aliphatic rings. The molecule has 0 heterocycles. The van der Waals surface area contributed by atoms with Gasteiger partial charge in [0.2, 0.25) is 10.0 Å². The molecule has 184 valence electrons. The SMILES string of the molecule is CNC(=O)Nc1ccc(S(=O)(=O)NC(C=O)CC(=O)O)c(OCCc2cccc3ccccc23)c1. The summed E-state index contributed by atoms with van der Waals surface area (Å²) in [5.74, 6) is -1.40. The summed E-state index contributed by atoms with van der Waals surface area (Å²) in [7, 11) is -2.89. The Hall–Kier alpha value is -3.96. The summed E-state index contributed by atoms with van der Waals surface area (Å²) >= 11 is 0. The van der Waals surface area contributed by atoms with E-state index in [-0.39, 0.29) is 29.2 Å². The van der Waals surface area contributed by atoms with Gasteiger partial charge in [-0.15, -0.1) is 0 Å². The van der Waals surface area contributed by atoms with E-state index in [2.05, 4.69) is 15.4 Å². The number of carbonyl (C=O) groups is 3. The summed E-state index contributed by atoms with van der Waals surface area (Å²) in [5.41, 5.74) is 1.29. The number of sulfonamides is 1. The van der Waals surface area contributed by atoms with Crippen LogP contribution in [0.4, 0.5) is 10.5 Å². The van der Waals surface area contributed by atoms with E-state index < -0.39 is 34.5 Å². The first-order valence-electron chi connectivity index (χ1n) is 10.6. The molecule has 10 nitrogen and oxygen atoms in total. The third kappa shape index (κ3) is 6.78. The van der Waals surface area contributed by atoms with E-state index in [9.17, 15) is 22.8 Å². The molecule has 1 atom stereocenters. The molecule has 35 heavy (non-hydrogen) atoms. The van der Waals surface area contributed by atoms with Gasteiger partial charge in [0.05, 0.1) is 19.1 Å². The van der Waals surface area contributed by atoms with E-state index in [1.165, 1.54) is 25.2 Å². The molecule has 11 heteroatoms. The second-order valence-electron chi connectivity index (χ2n) is 7.56. The maximum absolute atomic E-state index is 13.0. The zero-order valence-electron chi connectivity index (χ0n) is 18.9. The average molecular weight is 500 g/mol. The predicted molar refractivity (Wildman–Crippen MR) is 130 cm³/mol. The van der Waals surface area contributed by atoms with Crippen LogP contribution in [0.5, 0.6) is 5.75 Å². The number of urea groups is 1. The molecule has 0 bridgehead atoms. The molecule has 0 aromatic heterocycles. The smallest absolute Gasteiger partial charge is 0.318 e. The summed E-state index contributed by atoms with van der Waals surface area (Å²) in [5, 5.41) is 16.0. The third-order valence-corrected chi connectivity index (χ3v) is 6.62. The van der Waals surface area contributed by atoms with Crippen LogP contribution < -0.4 is 20.1 Å². The van der Waals surface area contributed by atoms with Gasteiger partial charge in [0.15, 0.2) is 0 Å². The lowest BCUT2D eigenvalue weighted by Gasteiger charge is -2.17. The van der Waals surface area contributed by atoms with Gasteiger partial charge in [0.25, 0.3) is 0 Å². The first-order chi connectivity index (χ1) is 16.7. The van der Waals surface area contributed by atoms with Crippen molar-refractivity contribution in [3.8, 4) is 5.75 Å². The highest BCUT2D eigenvalue weighted by atomic mass is 32.2. The van der Waals surface area contributed by atoms with Crippen LogP contribution in [0.1, 0.15) is 12.0 Å². The fourth-order valence-corrected chi connectivity index (χ4v) is 4.76. The van der Waals surface area contributed by atoms with E-state index in [0.29, 0.717) is 6.42 Å². The zero-order valence-corrected chi connectivity index (χ0v) is 19.7. The number of nitrogens with one attached hydrogen (secondary N) is 3. The summed E-state index contributed by atoms with van der Waals surface area (Å²) in [4.78, 5) is 33.5. The fraction of sp³-hybridized carbons (Fsp3) is 0.208. The molecule has 1 unspecified atom stereocenters. The van der Waals surface area contributed by atoms with Crippen LogP contribution in [-0.2, 0) is 26.0 Å². The largest absolute Gasteiger partial charge is 0.492 e. The van der Waals surface area contributed by atoms with Gasteiger partial charge in [-0.05, 0) is 28.5 Å². The number of ether oxygens (including phenoxy) is 1. The Morgan fingerprint density at radius 1 is 1.09 bits per heavy atom.